The number of nitro groups is 2. The number of halogens is 6. The van der Waals surface area contributed by atoms with Crippen LogP contribution in [0.1, 0.15) is 22.3 Å². The lowest BCUT2D eigenvalue weighted by Crippen LogP contribution is -2.45. The van der Waals surface area contributed by atoms with Gasteiger partial charge in [0.1, 0.15) is 23.4 Å². The molecule has 0 saturated heterocycles. The van der Waals surface area contributed by atoms with Crippen molar-refractivity contribution in [3.05, 3.63) is 151 Å². The second-order valence-corrected chi connectivity index (χ2v) is 11.1. The third kappa shape index (κ3) is 6.52. The fraction of sp³-hybridized carbons (Fsp3) is 0.147. The first-order valence-electron chi connectivity index (χ1n) is 14.6. The maximum Gasteiger partial charge on any atom is 0.416 e. The third-order valence-corrected chi connectivity index (χ3v) is 8.04. The van der Waals surface area contributed by atoms with Crippen molar-refractivity contribution in [1.82, 2.24) is 0 Å². The van der Waals surface area contributed by atoms with E-state index in [9.17, 15) is 51.4 Å². The summed E-state index contributed by atoms with van der Waals surface area (Å²) in [6, 6.07) is 15.9. The van der Waals surface area contributed by atoms with E-state index in [4.69, 9.17) is 18.9 Å². The van der Waals surface area contributed by atoms with E-state index in [-0.39, 0.29) is 29.3 Å². The molecule has 3 atom stereocenters. The van der Waals surface area contributed by atoms with E-state index >= 15 is 0 Å². The van der Waals surface area contributed by atoms with Crippen LogP contribution in [-0.2, 0) is 27.5 Å². The quantitative estimate of drug-likeness (QED) is 0.0548. The predicted molar refractivity (Wildman–Crippen MR) is 163 cm³/mol. The molecule has 0 aromatic heterocycles. The molecule has 262 valence electrons. The number of rotatable bonds is 9. The normalized spacial score (nSPS) is 19.5. The number of benzene rings is 4. The molecule has 1 aliphatic carbocycles. The van der Waals surface area contributed by atoms with Crippen LogP contribution in [-0.4, -0.2) is 22.4 Å². The summed E-state index contributed by atoms with van der Waals surface area (Å²) in [6.45, 7) is 0.206. The average molecular weight is 715 g/mol. The van der Waals surface area contributed by atoms with Crippen LogP contribution in [0.2, 0.25) is 0 Å². The molecular weight excluding hydrogens is 694 g/mol. The number of nitro benzene ring substituents is 2. The van der Waals surface area contributed by atoms with Gasteiger partial charge in [0.2, 0.25) is 5.75 Å². The van der Waals surface area contributed by atoms with E-state index in [1.165, 1.54) is 36.4 Å². The van der Waals surface area contributed by atoms with E-state index in [1.54, 1.807) is 30.3 Å². The maximum atomic E-state index is 13.3. The lowest BCUT2D eigenvalue weighted by atomic mass is 9.71. The molecule has 0 bridgehead atoms. The van der Waals surface area contributed by atoms with Gasteiger partial charge in [0.15, 0.2) is 11.4 Å². The highest BCUT2D eigenvalue weighted by Crippen LogP contribution is 2.54. The number of ether oxygens (including phenoxy) is 4. The van der Waals surface area contributed by atoms with E-state index in [0.29, 0.717) is 29.8 Å². The zero-order valence-corrected chi connectivity index (χ0v) is 25.4. The van der Waals surface area contributed by atoms with Gasteiger partial charge < -0.3 is 18.9 Å². The van der Waals surface area contributed by atoms with Crippen molar-refractivity contribution in [2.45, 2.75) is 24.1 Å². The number of hydrogen-bond acceptors (Lipinski definition) is 9. The van der Waals surface area contributed by atoms with Crippen molar-refractivity contribution in [3.8, 4) is 23.0 Å². The van der Waals surface area contributed by atoms with Crippen molar-refractivity contribution >= 4 is 17.8 Å². The second-order valence-electron chi connectivity index (χ2n) is 11.1. The number of fused-ring (bicyclic) bond motifs is 2. The Morgan fingerprint density at radius 2 is 1.37 bits per heavy atom. The molecule has 2 aliphatic rings. The molecule has 3 unspecified atom stereocenters. The molecule has 1 heterocycles. The Kier molecular flexibility index (Phi) is 8.66. The molecule has 0 spiro atoms. The van der Waals surface area contributed by atoms with Gasteiger partial charge in [0.25, 0.3) is 6.47 Å². The molecule has 4 aromatic carbocycles. The van der Waals surface area contributed by atoms with Crippen molar-refractivity contribution in [1.29, 1.82) is 0 Å². The molecule has 11 nitrogen and oxygen atoms in total. The summed E-state index contributed by atoms with van der Waals surface area (Å²) in [5.74, 6) is -1.99. The molecule has 0 saturated carbocycles. The van der Waals surface area contributed by atoms with Crippen molar-refractivity contribution in [2.75, 3.05) is 0 Å². The highest BCUT2D eigenvalue weighted by Gasteiger charge is 2.52. The van der Waals surface area contributed by atoms with Crippen molar-refractivity contribution in [3.63, 3.8) is 0 Å². The van der Waals surface area contributed by atoms with Crippen LogP contribution in [0.5, 0.6) is 23.0 Å². The molecule has 0 N–H and O–H groups in total. The van der Waals surface area contributed by atoms with E-state index < -0.39 is 73.8 Å². The monoisotopic (exact) mass is 714 g/mol. The van der Waals surface area contributed by atoms with Gasteiger partial charge in [0.05, 0.1) is 26.9 Å². The Bertz CT molecular complexity index is 2100. The first kappa shape index (κ1) is 34.5. The van der Waals surface area contributed by atoms with Gasteiger partial charge in [-0.05, 0) is 48.6 Å². The third-order valence-electron chi connectivity index (χ3n) is 8.04. The van der Waals surface area contributed by atoms with E-state index in [2.05, 4.69) is 0 Å². The van der Waals surface area contributed by atoms with Gasteiger partial charge in [-0.2, -0.15) is 26.3 Å². The van der Waals surface area contributed by atoms with Gasteiger partial charge in [0, 0.05) is 29.3 Å². The van der Waals surface area contributed by atoms with E-state index in [1.807, 2.05) is 0 Å². The van der Waals surface area contributed by atoms with Crippen LogP contribution < -0.4 is 14.2 Å². The summed E-state index contributed by atoms with van der Waals surface area (Å²) in [5, 5.41) is 23.3. The second kappa shape index (κ2) is 12.8. The van der Waals surface area contributed by atoms with Gasteiger partial charge in [-0.25, -0.2) is 0 Å². The fourth-order valence-corrected chi connectivity index (χ4v) is 5.83. The first-order chi connectivity index (χ1) is 24.1. The summed E-state index contributed by atoms with van der Waals surface area (Å²) in [5.41, 5.74) is -5.37. The molecular formula is C34H20F6N2O9. The molecule has 17 heteroatoms. The van der Waals surface area contributed by atoms with Crippen LogP contribution in [0.3, 0.4) is 0 Å². The first-order valence-corrected chi connectivity index (χ1v) is 14.6. The number of carbonyl (C=O) groups is 1. The highest BCUT2D eigenvalue weighted by atomic mass is 19.4. The van der Waals surface area contributed by atoms with Crippen LogP contribution in [0.15, 0.2) is 109 Å². The van der Waals surface area contributed by atoms with E-state index in [0.717, 1.165) is 12.1 Å². The largest absolute Gasteiger partial charge is 0.475 e. The average Bonchev–Trinajstić information content (AvgIpc) is 3.07. The summed E-state index contributed by atoms with van der Waals surface area (Å²) in [6.07, 6.45) is -6.53. The minimum atomic E-state index is -4.86. The molecule has 0 amide bonds. The van der Waals surface area contributed by atoms with Crippen LogP contribution in [0, 0.1) is 26.1 Å². The maximum absolute atomic E-state index is 13.3. The number of carbonyl (C=O) groups excluding carboxylic acids is 1. The molecule has 51 heavy (non-hydrogen) atoms. The number of nitrogens with zero attached hydrogens (tertiary/aromatic N) is 2. The summed E-state index contributed by atoms with van der Waals surface area (Å²) in [4.78, 5) is 33.3. The summed E-state index contributed by atoms with van der Waals surface area (Å²) < 4.78 is 103. The standard InChI is InChI=1S/C34H20F6N2O9/c35-33(36,37)20-6-12-28(26(14-20)41(44)45)49-22-8-10-24-30(16-22)51-31-17-23(50-29-13-7-21(34(38,39)40)15-27(29)42(46)47)9-11-25(31)32(24,48-18-43)19-4-2-1-3-5-19/h1-18,22,24H. The topological polar surface area (TPSA) is 140 Å². The molecule has 1 aliphatic heterocycles. The minimum Gasteiger partial charge on any atom is -0.475 e. The van der Waals surface area contributed by atoms with Crippen LogP contribution in [0.25, 0.3) is 0 Å². The number of alkyl halides is 6. The van der Waals surface area contributed by atoms with Gasteiger partial charge in [-0.15, -0.1) is 0 Å². The van der Waals surface area contributed by atoms with Crippen molar-refractivity contribution in [2.24, 2.45) is 5.92 Å². The zero-order valence-electron chi connectivity index (χ0n) is 25.4. The molecule has 6 rings (SSSR count). The zero-order chi connectivity index (χ0) is 36.7. The van der Waals surface area contributed by atoms with Crippen LogP contribution in [0.4, 0.5) is 37.7 Å². The predicted octanol–water partition coefficient (Wildman–Crippen LogP) is 8.66. The van der Waals surface area contributed by atoms with Crippen molar-refractivity contribution < 1.29 is 59.9 Å². The lowest BCUT2D eigenvalue weighted by molar-refractivity contribution is -0.386. The molecule has 0 fully saturated rings. The Balaban J connectivity index is 1.42. The SMILES string of the molecule is O=COC1(c2ccccc2)c2ccc(Oc3ccc(C(F)(F)F)cc3[N+](=O)[O-])cc2OC2=CC(Oc3ccc(C(F)(F)F)cc3[N+](=O)[O-])C=CC21. The highest BCUT2D eigenvalue weighted by molar-refractivity contribution is 5.59. The molecule has 0 radical (unpaired) electrons. The smallest absolute Gasteiger partial charge is 0.416 e. The van der Waals surface area contributed by atoms with Gasteiger partial charge >= 0.3 is 23.7 Å². The lowest BCUT2D eigenvalue weighted by Gasteiger charge is -2.44. The Hall–Kier alpha value is -6.39. The fourth-order valence-electron chi connectivity index (χ4n) is 5.83. The minimum absolute atomic E-state index is 0.0233. The molecule has 4 aromatic rings. The number of hydrogen-bond donors (Lipinski definition) is 0. The van der Waals surface area contributed by atoms with Gasteiger partial charge in [-0.1, -0.05) is 36.4 Å². The Morgan fingerprint density at radius 3 is 1.96 bits per heavy atom. The van der Waals surface area contributed by atoms with Crippen LogP contribution >= 0.6 is 0 Å². The van der Waals surface area contributed by atoms with Gasteiger partial charge in [-0.3, -0.25) is 25.0 Å². The Morgan fingerprint density at radius 1 is 0.765 bits per heavy atom. The Labute approximate surface area is 282 Å². The summed E-state index contributed by atoms with van der Waals surface area (Å²) in [7, 11) is 0. The summed E-state index contributed by atoms with van der Waals surface area (Å²) >= 11 is 0.